The number of carbonyl (C=O) groups is 1. The van der Waals surface area contributed by atoms with Crippen molar-refractivity contribution in [1.29, 1.82) is 0 Å². The number of carboxylic acid groups (broad SMARTS) is 1. The van der Waals surface area contributed by atoms with Crippen molar-refractivity contribution < 1.29 is 14.6 Å². The van der Waals surface area contributed by atoms with Crippen LogP contribution in [0.1, 0.15) is 18.0 Å². The van der Waals surface area contributed by atoms with Gasteiger partial charge in [-0.05, 0) is 24.3 Å². The Morgan fingerprint density at radius 1 is 1.56 bits per heavy atom. The first-order valence-electron chi connectivity index (χ1n) is 5.84. The van der Waals surface area contributed by atoms with Crippen LogP contribution in [0.3, 0.4) is 0 Å². The van der Waals surface area contributed by atoms with Crippen molar-refractivity contribution in [1.82, 2.24) is 5.32 Å². The number of carboxylic acids is 1. The van der Waals surface area contributed by atoms with Crippen molar-refractivity contribution in [2.24, 2.45) is 5.92 Å². The molecule has 1 fully saturated rings. The quantitative estimate of drug-likeness (QED) is 0.819. The van der Waals surface area contributed by atoms with E-state index in [9.17, 15) is 4.79 Å². The molecular formula is C13H17NO3S. The summed E-state index contributed by atoms with van der Waals surface area (Å²) in [6, 6.07) is 6.02. The van der Waals surface area contributed by atoms with Crippen LogP contribution in [0.15, 0.2) is 23.1 Å². The molecule has 0 aliphatic carbocycles. The number of nitrogens with one attached hydrogen (secondary N) is 1. The third kappa shape index (κ3) is 2.47. The summed E-state index contributed by atoms with van der Waals surface area (Å²) in [5.41, 5.74) is 1.13. The molecule has 98 valence electrons. The minimum absolute atomic E-state index is 0.101. The minimum atomic E-state index is -0.724. The summed E-state index contributed by atoms with van der Waals surface area (Å²) >= 11 is 1.63. The van der Waals surface area contributed by atoms with E-state index < -0.39 is 5.97 Å². The molecule has 0 radical (unpaired) electrons. The van der Waals surface area contributed by atoms with Crippen molar-refractivity contribution in [2.75, 3.05) is 19.9 Å². The second-order valence-corrected chi connectivity index (χ2v) is 5.13. The standard InChI is InChI=1S/C13H17NO3S/c1-17-11-5-3-4-9(12(11)18-2)10-6-8(7-14-10)13(15)16/h3-5,8,10,14H,6-7H2,1-2H3,(H,15,16). The molecule has 1 saturated heterocycles. The van der Waals surface area contributed by atoms with Crippen LogP contribution >= 0.6 is 11.8 Å². The average molecular weight is 267 g/mol. The van der Waals surface area contributed by atoms with Crippen LogP contribution in [-0.4, -0.2) is 31.0 Å². The van der Waals surface area contributed by atoms with Gasteiger partial charge in [-0.3, -0.25) is 4.79 Å². The van der Waals surface area contributed by atoms with Gasteiger partial charge in [0.05, 0.1) is 17.9 Å². The number of methoxy groups -OCH3 is 1. The Balaban J connectivity index is 2.26. The molecule has 0 amide bonds. The Hall–Kier alpha value is -1.20. The number of ether oxygens (including phenoxy) is 1. The van der Waals surface area contributed by atoms with E-state index in [1.165, 1.54) is 0 Å². The predicted molar refractivity (Wildman–Crippen MR) is 71.3 cm³/mol. The number of hydrogen-bond donors (Lipinski definition) is 2. The van der Waals surface area contributed by atoms with Crippen molar-refractivity contribution in [3.63, 3.8) is 0 Å². The lowest BCUT2D eigenvalue weighted by atomic mass is 10.00. The van der Waals surface area contributed by atoms with Crippen molar-refractivity contribution in [3.05, 3.63) is 23.8 Å². The van der Waals surface area contributed by atoms with E-state index in [0.29, 0.717) is 13.0 Å². The average Bonchev–Trinajstić information content (AvgIpc) is 2.87. The summed E-state index contributed by atoms with van der Waals surface area (Å²) in [7, 11) is 1.65. The van der Waals surface area contributed by atoms with Crippen LogP contribution in [0.2, 0.25) is 0 Å². The first-order chi connectivity index (χ1) is 8.67. The number of thioether (sulfide) groups is 1. The molecule has 0 saturated carbocycles. The van der Waals surface area contributed by atoms with Crippen LogP contribution < -0.4 is 10.1 Å². The maximum atomic E-state index is 11.0. The minimum Gasteiger partial charge on any atom is -0.496 e. The highest BCUT2D eigenvalue weighted by Crippen LogP contribution is 2.38. The van der Waals surface area contributed by atoms with E-state index in [0.717, 1.165) is 16.2 Å². The molecule has 1 aromatic rings. The fourth-order valence-corrected chi connectivity index (χ4v) is 3.15. The lowest BCUT2D eigenvalue weighted by Crippen LogP contribution is -2.17. The van der Waals surface area contributed by atoms with Gasteiger partial charge < -0.3 is 15.2 Å². The maximum Gasteiger partial charge on any atom is 0.307 e. The van der Waals surface area contributed by atoms with E-state index >= 15 is 0 Å². The lowest BCUT2D eigenvalue weighted by molar-refractivity contribution is -0.141. The van der Waals surface area contributed by atoms with Gasteiger partial charge in [-0.1, -0.05) is 12.1 Å². The van der Waals surface area contributed by atoms with Gasteiger partial charge in [0, 0.05) is 12.6 Å². The van der Waals surface area contributed by atoms with Gasteiger partial charge in [-0.15, -0.1) is 11.8 Å². The molecule has 1 aliphatic heterocycles. The van der Waals surface area contributed by atoms with Gasteiger partial charge >= 0.3 is 5.97 Å². The molecule has 2 rings (SSSR count). The van der Waals surface area contributed by atoms with Crippen LogP contribution in [-0.2, 0) is 4.79 Å². The topological polar surface area (TPSA) is 58.6 Å². The molecule has 0 aromatic heterocycles. The van der Waals surface area contributed by atoms with Crippen LogP contribution in [0, 0.1) is 5.92 Å². The number of benzene rings is 1. The third-order valence-corrected chi connectivity index (χ3v) is 4.13. The largest absolute Gasteiger partial charge is 0.496 e. The van der Waals surface area contributed by atoms with Crippen molar-refractivity contribution >= 4 is 17.7 Å². The molecule has 18 heavy (non-hydrogen) atoms. The first kappa shape index (κ1) is 13.2. The Bertz CT molecular complexity index is 450. The maximum absolute atomic E-state index is 11.0. The number of aliphatic carboxylic acids is 1. The Morgan fingerprint density at radius 3 is 2.89 bits per heavy atom. The summed E-state index contributed by atoms with van der Waals surface area (Å²) < 4.78 is 5.35. The monoisotopic (exact) mass is 267 g/mol. The van der Waals surface area contributed by atoms with Gasteiger partial charge in [-0.2, -0.15) is 0 Å². The smallest absolute Gasteiger partial charge is 0.307 e. The second-order valence-electron chi connectivity index (χ2n) is 4.31. The first-order valence-corrected chi connectivity index (χ1v) is 7.07. The summed E-state index contributed by atoms with van der Waals surface area (Å²) in [4.78, 5) is 12.1. The molecule has 1 heterocycles. The molecule has 1 aromatic carbocycles. The SMILES string of the molecule is COc1cccc(C2CC(C(=O)O)CN2)c1SC. The van der Waals surface area contributed by atoms with E-state index in [2.05, 4.69) is 5.32 Å². The van der Waals surface area contributed by atoms with Gasteiger partial charge in [0.25, 0.3) is 0 Å². The Labute approximate surface area is 111 Å². The molecular weight excluding hydrogens is 250 g/mol. The van der Waals surface area contributed by atoms with Gasteiger partial charge in [-0.25, -0.2) is 0 Å². The lowest BCUT2D eigenvalue weighted by Gasteiger charge is -2.17. The van der Waals surface area contributed by atoms with E-state index in [1.54, 1.807) is 18.9 Å². The zero-order chi connectivity index (χ0) is 13.1. The number of rotatable bonds is 4. The fraction of sp³-hybridized carbons (Fsp3) is 0.462. The number of hydrogen-bond acceptors (Lipinski definition) is 4. The summed E-state index contributed by atoms with van der Waals surface area (Å²) in [5, 5.41) is 12.3. The predicted octanol–water partition coefficient (Wildman–Crippen LogP) is 2.15. The Morgan fingerprint density at radius 2 is 2.33 bits per heavy atom. The molecule has 4 nitrogen and oxygen atoms in total. The second kappa shape index (κ2) is 5.63. The molecule has 2 atom stereocenters. The third-order valence-electron chi connectivity index (χ3n) is 3.29. The fourth-order valence-electron chi connectivity index (χ4n) is 2.35. The van der Waals surface area contributed by atoms with Crippen LogP contribution in [0.5, 0.6) is 5.75 Å². The molecule has 2 N–H and O–H groups in total. The van der Waals surface area contributed by atoms with Crippen molar-refractivity contribution in [2.45, 2.75) is 17.4 Å². The summed E-state index contributed by atoms with van der Waals surface area (Å²) in [5.74, 6) is -0.171. The molecule has 5 heteroatoms. The van der Waals surface area contributed by atoms with Crippen LogP contribution in [0.25, 0.3) is 0 Å². The molecule has 0 bridgehead atoms. The van der Waals surface area contributed by atoms with E-state index in [1.807, 2.05) is 24.5 Å². The molecule has 1 aliphatic rings. The highest BCUT2D eigenvalue weighted by molar-refractivity contribution is 7.98. The summed E-state index contributed by atoms with van der Waals surface area (Å²) in [6.45, 7) is 0.533. The molecule has 2 unspecified atom stereocenters. The van der Waals surface area contributed by atoms with E-state index in [4.69, 9.17) is 9.84 Å². The normalized spacial score (nSPS) is 23.0. The van der Waals surface area contributed by atoms with E-state index in [-0.39, 0.29) is 12.0 Å². The van der Waals surface area contributed by atoms with Crippen LogP contribution in [0.4, 0.5) is 0 Å². The van der Waals surface area contributed by atoms with Gasteiger partial charge in [0.15, 0.2) is 0 Å². The van der Waals surface area contributed by atoms with Crippen molar-refractivity contribution in [3.8, 4) is 5.75 Å². The molecule has 0 spiro atoms. The summed E-state index contributed by atoms with van der Waals surface area (Å²) in [6.07, 6.45) is 2.64. The van der Waals surface area contributed by atoms with Gasteiger partial charge in [0.2, 0.25) is 0 Å². The zero-order valence-electron chi connectivity index (χ0n) is 10.5. The highest BCUT2D eigenvalue weighted by Gasteiger charge is 2.31. The zero-order valence-corrected chi connectivity index (χ0v) is 11.3. The highest BCUT2D eigenvalue weighted by atomic mass is 32.2. The Kier molecular flexibility index (Phi) is 4.14. The van der Waals surface area contributed by atoms with Gasteiger partial charge in [0.1, 0.15) is 5.75 Å².